The van der Waals surface area contributed by atoms with Crippen LogP contribution in [0.4, 0.5) is 0 Å². The topological polar surface area (TPSA) is 78.0 Å². The van der Waals surface area contributed by atoms with E-state index in [1.54, 1.807) is 0 Å². The molecule has 1 aromatic heterocycles. The second-order valence-electron chi connectivity index (χ2n) is 7.15. The number of carbonyl (C=O) groups excluding carboxylic acids is 1. The van der Waals surface area contributed by atoms with Crippen molar-refractivity contribution in [3.05, 3.63) is 17.0 Å². The van der Waals surface area contributed by atoms with Crippen molar-refractivity contribution in [3.8, 4) is 0 Å². The Morgan fingerprint density at radius 2 is 2.23 bits per heavy atom. The molecule has 0 radical (unpaired) electrons. The zero-order valence-electron chi connectivity index (χ0n) is 14.2. The summed E-state index contributed by atoms with van der Waals surface area (Å²) in [5.74, 6) is -0.0432. The first kappa shape index (κ1) is 17.0. The number of aliphatic hydroxyl groups is 1. The van der Waals surface area contributed by atoms with E-state index < -0.39 is 0 Å². The van der Waals surface area contributed by atoms with Gasteiger partial charge in [-0.1, -0.05) is 26.7 Å². The lowest BCUT2D eigenvalue weighted by Gasteiger charge is -2.38. The zero-order valence-corrected chi connectivity index (χ0v) is 14.2. The Labute approximate surface area is 132 Å². The van der Waals surface area contributed by atoms with Crippen LogP contribution in [0, 0.1) is 25.2 Å². The van der Waals surface area contributed by atoms with Gasteiger partial charge < -0.3 is 10.4 Å². The number of carbonyl (C=O) groups is 1. The summed E-state index contributed by atoms with van der Waals surface area (Å²) in [5, 5.41) is 20.4. The Kier molecular flexibility index (Phi) is 5.27. The minimum atomic E-state index is -0.310. The average Bonchev–Trinajstić information content (AvgIpc) is 2.80. The quantitative estimate of drug-likeness (QED) is 0.781. The van der Waals surface area contributed by atoms with E-state index in [1.165, 1.54) is 0 Å². The normalized spacial score (nSPS) is 26.7. The van der Waals surface area contributed by atoms with Crippen LogP contribution < -0.4 is 5.32 Å². The Hall–Kier alpha value is -1.36. The monoisotopic (exact) mass is 307 g/mol. The van der Waals surface area contributed by atoms with Crippen LogP contribution in [0.2, 0.25) is 0 Å². The number of aromatic amines is 1. The van der Waals surface area contributed by atoms with Gasteiger partial charge in [0.1, 0.15) is 0 Å². The van der Waals surface area contributed by atoms with Crippen LogP contribution >= 0.6 is 0 Å². The maximum absolute atomic E-state index is 12.4. The molecule has 0 bridgehead atoms. The van der Waals surface area contributed by atoms with Crippen LogP contribution in [-0.2, 0) is 11.2 Å². The lowest BCUT2D eigenvalue weighted by Crippen LogP contribution is -2.46. The van der Waals surface area contributed by atoms with Gasteiger partial charge in [-0.25, -0.2) is 0 Å². The van der Waals surface area contributed by atoms with Crippen LogP contribution in [-0.4, -0.2) is 33.9 Å². The molecule has 0 aliphatic heterocycles. The largest absolute Gasteiger partial charge is 0.392 e. The van der Waals surface area contributed by atoms with Gasteiger partial charge in [0.15, 0.2) is 0 Å². The Balaban J connectivity index is 1.89. The average molecular weight is 307 g/mol. The highest BCUT2D eigenvalue weighted by molar-refractivity contribution is 5.78. The maximum atomic E-state index is 12.4. The summed E-state index contributed by atoms with van der Waals surface area (Å²) in [5.41, 5.74) is 2.94. The number of amides is 1. The van der Waals surface area contributed by atoms with Crippen molar-refractivity contribution in [3.63, 3.8) is 0 Å². The fraction of sp³-hybridized carbons (Fsp3) is 0.765. The molecule has 1 aliphatic rings. The lowest BCUT2D eigenvalue weighted by atomic mass is 9.73. The molecule has 0 aromatic carbocycles. The highest BCUT2D eigenvalue weighted by Gasteiger charge is 2.35. The molecular weight excluding hydrogens is 278 g/mol. The van der Waals surface area contributed by atoms with Gasteiger partial charge in [-0.2, -0.15) is 5.10 Å². The van der Waals surface area contributed by atoms with E-state index in [9.17, 15) is 9.90 Å². The molecule has 1 aliphatic carbocycles. The Bertz CT molecular complexity index is 506. The zero-order chi connectivity index (χ0) is 16.3. The summed E-state index contributed by atoms with van der Waals surface area (Å²) < 4.78 is 0. The van der Waals surface area contributed by atoms with Gasteiger partial charge in [-0.05, 0) is 38.7 Å². The van der Waals surface area contributed by atoms with Gasteiger partial charge in [0, 0.05) is 23.6 Å². The minimum absolute atomic E-state index is 0.0546. The number of nitrogens with zero attached hydrogens (tertiary/aromatic N) is 1. The molecule has 1 amide bonds. The first-order valence-electron chi connectivity index (χ1n) is 8.29. The van der Waals surface area contributed by atoms with Gasteiger partial charge in [0.05, 0.1) is 11.8 Å². The van der Waals surface area contributed by atoms with Crippen molar-refractivity contribution in [1.29, 1.82) is 0 Å². The summed E-state index contributed by atoms with van der Waals surface area (Å²) in [6.45, 7) is 8.52. The highest BCUT2D eigenvalue weighted by atomic mass is 16.3. The number of H-pyrrole nitrogens is 1. The summed E-state index contributed by atoms with van der Waals surface area (Å²) in [4.78, 5) is 12.4. The van der Waals surface area contributed by atoms with Crippen LogP contribution in [0.3, 0.4) is 0 Å². The molecule has 1 heterocycles. The van der Waals surface area contributed by atoms with Gasteiger partial charge in [0.2, 0.25) is 5.91 Å². The first-order valence-corrected chi connectivity index (χ1v) is 8.29. The summed E-state index contributed by atoms with van der Waals surface area (Å²) >= 11 is 0. The van der Waals surface area contributed by atoms with E-state index >= 15 is 0 Å². The number of aryl methyl sites for hydroxylation is 2. The number of aromatic nitrogens is 2. The van der Waals surface area contributed by atoms with Crippen molar-refractivity contribution in [2.75, 3.05) is 6.54 Å². The molecule has 0 saturated heterocycles. The van der Waals surface area contributed by atoms with Crippen LogP contribution in [0.1, 0.15) is 56.5 Å². The Morgan fingerprint density at radius 3 is 2.82 bits per heavy atom. The standard InChI is InChI=1S/C17H29N3O2/c1-11(9-14-12(2)19-20-13(14)3)16(22)18-10-17(4)8-6-5-7-15(17)21/h11,15,21H,5-10H2,1-4H3,(H,18,22)(H,19,20). The predicted octanol–water partition coefficient (Wildman–Crippen LogP) is 2.26. The predicted molar refractivity (Wildman–Crippen MR) is 86.5 cm³/mol. The lowest BCUT2D eigenvalue weighted by molar-refractivity contribution is -0.125. The van der Waals surface area contributed by atoms with E-state index in [4.69, 9.17) is 0 Å². The van der Waals surface area contributed by atoms with Crippen molar-refractivity contribution >= 4 is 5.91 Å². The smallest absolute Gasteiger partial charge is 0.223 e. The van der Waals surface area contributed by atoms with E-state index in [2.05, 4.69) is 22.4 Å². The molecule has 5 nitrogen and oxygen atoms in total. The van der Waals surface area contributed by atoms with E-state index in [1.807, 2.05) is 20.8 Å². The third-order valence-corrected chi connectivity index (χ3v) is 5.18. The molecule has 5 heteroatoms. The number of nitrogens with one attached hydrogen (secondary N) is 2. The molecule has 3 atom stereocenters. The molecule has 124 valence electrons. The third-order valence-electron chi connectivity index (χ3n) is 5.18. The SMILES string of the molecule is Cc1n[nH]c(C)c1CC(C)C(=O)NCC1(C)CCCCC1O. The van der Waals surface area contributed by atoms with Crippen LogP contribution in [0.15, 0.2) is 0 Å². The molecule has 2 rings (SSSR count). The number of rotatable bonds is 5. The van der Waals surface area contributed by atoms with Gasteiger partial charge in [-0.3, -0.25) is 9.89 Å². The molecule has 1 fully saturated rings. The minimum Gasteiger partial charge on any atom is -0.392 e. The van der Waals surface area contributed by atoms with E-state index in [0.29, 0.717) is 13.0 Å². The summed E-state index contributed by atoms with van der Waals surface area (Å²) in [6, 6.07) is 0. The molecule has 0 spiro atoms. The van der Waals surface area contributed by atoms with Crippen molar-refractivity contribution in [1.82, 2.24) is 15.5 Å². The summed E-state index contributed by atoms with van der Waals surface area (Å²) in [7, 11) is 0. The van der Waals surface area contributed by atoms with E-state index in [0.717, 1.165) is 42.6 Å². The molecule has 1 aromatic rings. The van der Waals surface area contributed by atoms with Crippen molar-refractivity contribution in [2.24, 2.45) is 11.3 Å². The second kappa shape index (κ2) is 6.82. The molecular formula is C17H29N3O2. The molecule has 1 saturated carbocycles. The van der Waals surface area contributed by atoms with Crippen LogP contribution in [0.5, 0.6) is 0 Å². The third kappa shape index (κ3) is 3.69. The van der Waals surface area contributed by atoms with Gasteiger partial charge in [-0.15, -0.1) is 0 Å². The molecule has 3 unspecified atom stereocenters. The maximum Gasteiger partial charge on any atom is 0.223 e. The van der Waals surface area contributed by atoms with Gasteiger partial charge in [0.25, 0.3) is 0 Å². The van der Waals surface area contributed by atoms with Gasteiger partial charge >= 0.3 is 0 Å². The highest BCUT2D eigenvalue weighted by Crippen LogP contribution is 2.35. The van der Waals surface area contributed by atoms with Crippen LogP contribution in [0.25, 0.3) is 0 Å². The second-order valence-corrected chi connectivity index (χ2v) is 7.15. The number of aliphatic hydroxyl groups excluding tert-OH is 1. The van der Waals surface area contributed by atoms with Crippen molar-refractivity contribution < 1.29 is 9.90 Å². The molecule has 22 heavy (non-hydrogen) atoms. The fourth-order valence-corrected chi connectivity index (χ4v) is 3.32. The number of hydrogen-bond donors (Lipinski definition) is 3. The first-order chi connectivity index (χ1) is 10.3. The number of hydrogen-bond acceptors (Lipinski definition) is 3. The summed E-state index contributed by atoms with van der Waals surface area (Å²) in [6.07, 6.45) is 4.42. The van der Waals surface area contributed by atoms with Crippen molar-refractivity contribution in [2.45, 2.75) is 65.9 Å². The van der Waals surface area contributed by atoms with E-state index in [-0.39, 0.29) is 23.3 Å². The fourth-order valence-electron chi connectivity index (χ4n) is 3.32. The molecule has 3 N–H and O–H groups in total. The Morgan fingerprint density at radius 1 is 1.50 bits per heavy atom.